The molecule has 9 nitrogen and oxygen atoms in total. The summed E-state index contributed by atoms with van der Waals surface area (Å²) >= 11 is 0. The molecule has 1 saturated carbocycles. The highest BCUT2D eigenvalue weighted by molar-refractivity contribution is 6.24. The molecule has 1 aromatic carbocycles. The lowest BCUT2D eigenvalue weighted by Crippen LogP contribution is -2.47. The first-order valence-corrected chi connectivity index (χ1v) is 9.17. The van der Waals surface area contributed by atoms with Crippen LogP contribution in [-0.4, -0.2) is 49.8 Å². The van der Waals surface area contributed by atoms with Crippen LogP contribution >= 0.6 is 0 Å². The molecule has 1 aliphatic carbocycles. The number of benzene rings is 1. The number of ketones is 2. The Morgan fingerprint density at radius 3 is 2.69 bits per heavy atom. The molecule has 3 amide bonds. The van der Waals surface area contributed by atoms with Crippen LogP contribution in [0.3, 0.4) is 0 Å². The molecule has 29 heavy (non-hydrogen) atoms. The average molecular weight is 394 g/mol. The number of aromatic nitrogens is 2. The van der Waals surface area contributed by atoms with Gasteiger partial charge in [-0.05, 0) is 18.1 Å². The highest BCUT2D eigenvalue weighted by Crippen LogP contribution is 2.31. The molecule has 0 saturated heterocycles. The summed E-state index contributed by atoms with van der Waals surface area (Å²) in [6, 6.07) is 3.90. The van der Waals surface area contributed by atoms with Crippen molar-refractivity contribution in [2.75, 3.05) is 0 Å². The van der Waals surface area contributed by atoms with Crippen molar-refractivity contribution in [1.29, 1.82) is 0 Å². The van der Waals surface area contributed by atoms with Gasteiger partial charge in [0, 0.05) is 20.0 Å². The minimum atomic E-state index is -0.919. The normalized spacial score (nSPS) is 18.9. The zero-order chi connectivity index (χ0) is 20.7. The Balaban J connectivity index is 1.58. The average Bonchev–Trinajstić information content (AvgIpc) is 3.23. The number of amides is 3. The van der Waals surface area contributed by atoms with Crippen molar-refractivity contribution in [3.63, 3.8) is 0 Å². The maximum absolute atomic E-state index is 13.0. The molecule has 1 aromatic heterocycles. The number of carbonyl (C=O) groups excluding carboxylic acids is 5. The molecule has 0 spiro atoms. The van der Waals surface area contributed by atoms with Gasteiger partial charge in [-0.25, -0.2) is 4.98 Å². The minimum absolute atomic E-state index is 0.0388. The molecule has 2 heterocycles. The predicted molar refractivity (Wildman–Crippen MR) is 99.0 cm³/mol. The second-order valence-electron chi connectivity index (χ2n) is 7.13. The Kier molecular flexibility index (Phi) is 4.57. The molecular weight excluding hydrogens is 376 g/mol. The molecule has 148 valence electrons. The third-order valence-corrected chi connectivity index (χ3v) is 5.27. The van der Waals surface area contributed by atoms with Crippen LogP contribution in [0.25, 0.3) is 0 Å². The van der Waals surface area contributed by atoms with Gasteiger partial charge in [0.25, 0.3) is 17.7 Å². The summed E-state index contributed by atoms with van der Waals surface area (Å²) in [4.78, 5) is 66.8. The van der Waals surface area contributed by atoms with Gasteiger partial charge < -0.3 is 9.88 Å². The van der Waals surface area contributed by atoms with Crippen molar-refractivity contribution in [2.45, 2.75) is 31.8 Å². The number of carbonyl (C=O) groups is 5. The standard InChI is InChI=1S/C20H18N4O5/c1-23-10-21-9-15(23)18(27)22-8-11-3-2-4-13-17(11)20(29)24(19(13)28)14-6-5-12(25)7-16(14)26/h2-4,9-10,14H,5-8H2,1H3,(H,22,27). The lowest BCUT2D eigenvalue weighted by Gasteiger charge is -2.27. The molecule has 0 bridgehead atoms. The van der Waals surface area contributed by atoms with Crippen LogP contribution < -0.4 is 5.32 Å². The van der Waals surface area contributed by atoms with E-state index < -0.39 is 23.6 Å². The zero-order valence-electron chi connectivity index (χ0n) is 15.7. The van der Waals surface area contributed by atoms with Crippen molar-refractivity contribution in [1.82, 2.24) is 19.8 Å². The SMILES string of the molecule is Cn1cncc1C(=O)NCc1cccc2c1C(=O)N(C1CCC(=O)CC1=O)C2=O. The number of nitrogens with zero attached hydrogens (tertiary/aromatic N) is 3. The van der Waals surface area contributed by atoms with Gasteiger partial charge in [-0.1, -0.05) is 12.1 Å². The summed E-state index contributed by atoms with van der Waals surface area (Å²) in [6.45, 7) is 0.0388. The van der Waals surface area contributed by atoms with E-state index in [4.69, 9.17) is 0 Å². The quantitative estimate of drug-likeness (QED) is 0.600. The molecule has 1 aliphatic heterocycles. The minimum Gasteiger partial charge on any atom is -0.347 e. The van der Waals surface area contributed by atoms with Gasteiger partial charge >= 0.3 is 0 Å². The van der Waals surface area contributed by atoms with Crippen LogP contribution in [0, 0.1) is 0 Å². The summed E-state index contributed by atoms with van der Waals surface area (Å²) in [5.74, 6) is -2.07. The van der Waals surface area contributed by atoms with E-state index in [-0.39, 0.29) is 48.6 Å². The van der Waals surface area contributed by atoms with E-state index in [1.807, 2.05) is 0 Å². The van der Waals surface area contributed by atoms with Gasteiger partial charge in [0.15, 0.2) is 5.78 Å². The number of imidazole rings is 1. The fourth-order valence-corrected chi connectivity index (χ4v) is 3.78. The van der Waals surface area contributed by atoms with E-state index in [0.29, 0.717) is 11.3 Å². The fourth-order valence-electron chi connectivity index (χ4n) is 3.78. The Morgan fingerprint density at radius 2 is 2.00 bits per heavy atom. The van der Waals surface area contributed by atoms with Gasteiger partial charge in [-0.15, -0.1) is 0 Å². The smallest absolute Gasteiger partial charge is 0.269 e. The van der Waals surface area contributed by atoms with Crippen molar-refractivity contribution >= 4 is 29.3 Å². The van der Waals surface area contributed by atoms with E-state index in [0.717, 1.165) is 4.90 Å². The number of fused-ring (bicyclic) bond motifs is 1. The van der Waals surface area contributed by atoms with Crippen molar-refractivity contribution in [3.05, 3.63) is 53.1 Å². The Bertz CT molecular complexity index is 1070. The first-order chi connectivity index (χ1) is 13.9. The van der Waals surface area contributed by atoms with Gasteiger partial charge in [0.05, 0.1) is 36.1 Å². The van der Waals surface area contributed by atoms with Crippen LogP contribution in [0.15, 0.2) is 30.7 Å². The van der Waals surface area contributed by atoms with Crippen LogP contribution in [-0.2, 0) is 23.2 Å². The van der Waals surface area contributed by atoms with Crippen LogP contribution in [0.2, 0.25) is 0 Å². The second kappa shape index (κ2) is 7.08. The monoisotopic (exact) mass is 394 g/mol. The van der Waals surface area contributed by atoms with Crippen LogP contribution in [0.4, 0.5) is 0 Å². The zero-order valence-corrected chi connectivity index (χ0v) is 15.7. The van der Waals surface area contributed by atoms with Crippen molar-refractivity contribution in [2.24, 2.45) is 7.05 Å². The lowest BCUT2D eigenvalue weighted by molar-refractivity contribution is -0.132. The van der Waals surface area contributed by atoms with E-state index in [1.54, 1.807) is 23.7 Å². The maximum atomic E-state index is 13.0. The summed E-state index contributed by atoms with van der Waals surface area (Å²) in [5, 5.41) is 2.72. The summed E-state index contributed by atoms with van der Waals surface area (Å²) in [7, 11) is 1.69. The van der Waals surface area contributed by atoms with Gasteiger partial charge in [-0.2, -0.15) is 0 Å². The highest BCUT2D eigenvalue weighted by Gasteiger charge is 2.45. The van der Waals surface area contributed by atoms with Gasteiger partial charge in [0.2, 0.25) is 0 Å². The molecule has 1 atom stereocenters. The summed E-state index contributed by atoms with van der Waals surface area (Å²) in [5.41, 5.74) is 1.23. The molecular formula is C20H18N4O5. The third-order valence-electron chi connectivity index (χ3n) is 5.27. The topological polar surface area (TPSA) is 118 Å². The number of hydrogen-bond acceptors (Lipinski definition) is 6. The molecule has 2 aromatic rings. The van der Waals surface area contributed by atoms with Crippen LogP contribution in [0.1, 0.15) is 56.0 Å². The van der Waals surface area contributed by atoms with E-state index in [9.17, 15) is 24.0 Å². The number of rotatable bonds is 4. The molecule has 1 fully saturated rings. The molecule has 0 radical (unpaired) electrons. The molecule has 4 rings (SSSR count). The Hall–Kier alpha value is -3.62. The maximum Gasteiger partial charge on any atom is 0.269 e. The number of imide groups is 1. The predicted octanol–water partition coefficient (Wildman–Crippen LogP) is 0.637. The fraction of sp³-hybridized carbons (Fsp3) is 0.300. The number of nitrogens with one attached hydrogen (secondary N) is 1. The highest BCUT2D eigenvalue weighted by atomic mass is 16.2. The van der Waals surface area contributed by atoms with Crippen molar-refractivity contribution in [3.8, 4) is 0 Å². The van der Waals surface area contributed by atoms with E-state index in [1.165, 1.54) is 18.6 Å². The van der Waals surface area contributed by atoms with Gasteiger partial charge in [-0.3, -0.25) is 28.9 Å². The van der Waals surface area contributed by atoms with Gasteiger partial charge in [0.1, 0.15) is 11.5 Å². The summed E-state index contributed by atoms with van der Waals surface area (Å²) < 4.78 is 1.57. The first-order valence-electron chi connectivity index (χ1n) is 9.17. The molecule has 1 unspecified atom stereocenters. The van der Waals surface area contributed by atoms with Crippen molar-refractivity contribution < 1.29 is 24.0 Å². The van der Waals surface area contributed by atoms with E-state index in [2.05, 4.69) is 10.3 Å². The first kappa shape index (κ1) is 18.7. The summed E-state index contributed by atoms with van der Waals surface area (Å²) in [6.07, 6.45) is 2.98. The number of aryl methyl sites for hydroxylation is 1. The number of Topliss-reactive ketones (excluding diaryl/α,β-unsaturated/α-hetero) is 2. The van der Waals surface area contributed by atoms with E-state index >= 15 is 0 Å². The third kappa shape index (κ3) is 3.14. The Morgan fingerprint density at radius 1 is 1.21 bits per heavy atom. The second-order valence-corrected chi connectivity index (χ2v) is 7.13. The Labute approximate surface area is 165 Å². The molecule has 1 N–H and O–H groups in total. The molecule has 9 heteroatoms. The lowest BCUT2D eigenvalue weighted by atomic mass is 9.92. The largest absolute Gasteiger partial charge is 0.347 e. The van der Waals surface area contributed by atoms with Crippen LogP contribution in [0.5, 0.6) is 0 Å². The molecule has 2 aliphatic rings. The number of hydrogen-bond donors (Lipinski definition) is 1.